The van der Waals surface area contributed by atoms with E-state index < -0.39 is 0 Å². The maximum atomic E-state index is 11.0. The lowest BCUT2D eigenvalue weighted by Crippen LogP contribution is -1.89. The second kappa shape index (κ2) is 9.42. The van der Waals surface area contributed by atoms with Crippen molar-refractivity contribution in [2.45, 2.75) is 0 Å². The molecule has 0 aromatic heterocycles. The van der Waals surface area contributed by atoms with Crippen LogP contribution in [0.1, 0.15) is 11.1 Å². The van der Waals surface area contributed by atoms with Crippen molar-refractivity contribution in [2.75, 3.05) is 0 Å². The zero-order valence-corrected chi connectivity index (χ0v) is 20.9. The lowest BCUT2D eigenvalue weighted by Gasteiger charge is -2.15. The molecule has 0 fully saturated rings. The van der Waals surface area contributed by atoms with Crippen molar-refractivity contribution < 1.29 is 10.2 Å². The van der Waals surface area contributed by atoms with Gasteiger partial charge in [-0.3, -0.25) is 0 Å². The van der Waals surface area contributed by atoms with Crippen LogP contribution >= 0.6 is 0 Å². The molecule has 0 unspecified atom stereocenters. The lowest BCUT2D eigenvalue weighted by atomic mass is 9.90. The number of rotatable bonds is 5. The average Bonchev–Trinajstić information content (AvgIpc) is 2.97. The molecule has 0 bridgehead atoms. The Hall–Kier alpha value is -5.08. The molecule has 0 aliphatic rings. The quantitative estimate of drug-likeness (QED) is 0.252. The van der Waals surface area contributed by atoms with E-state index in [0.717, 1.165) is 54.9 Å². The third-order valence-corrected chi connectivity index (χ3v) is 7.21. The largest absolute Gasteiger partial charge is 0.507 e. The summed E-state index contributed by atoms with van der Waals surface area (Å²) in [6, 6.07) is 36.2. The standard InChI is InChI=1S/C36H26O2/c1-3-23-5-9-25(10-6-23)27-13-17-31-29(21-27)15-19-33(37)35(31)36-32-18-14-28(22-30(32)16-20-34(36)38)26-11-7-24(4-2)8-12-26/h3-22,37-38H,1-2H2. The molecule has 2 heteroatoms. The molecule has 2 nitrogen and oxygen atoms in total. The number of benzene rings is 6. The molecule has 0 saturated heterocycles. The fraction of sp³-hybridized carbons (Fsp3) is 0. The molecule has 6 aromatic carbocycles. The highest BCUT2D eigenvalue weighted by molar-refractivity contribution is 6.10. The summed E-state index contributed by atoms with van der Waals surface area (Å²) in [6.45, 7) is 7.66. The van der Waals surface area contributed by atoms with Crippen molar-refractivity contribution in [3.63, 3.8) is 0 Å². The summed E-state index contributed by atoms with van der Waals surface area (Å²) in [4.78, 5) is 0. The first kappa shape index (κ1) is 23.3. The van der Waals surface area contributed by atoms with Crippen LogP contribution in [0, 0.1) is 0 Å². The highest BCUT2D eigenvalue weighted by Gasteiger charge is 2.17. The molecule has 0 atom stereocenters. The van der Waals surface area contributed by atoms with Crippen molar-refractivity contribution in [2.24, 2.45) is 0 Å². The number of aromatic hydroxyl groups is 2. The van der Waals surface area contributed by atoms with Gasteiger partial charge in [-0.15, -0.1) is 0 Å². The molecule has 38 heavy (non-hydrogen) atoms. The molecule has 2 N–H and O–H groups in total. The second-order valence-electron chi connectivity index (χ2n) is 9.44. The Morgan fingerprint density at radius 2 is 0.789 bits per heavy atom. The Morgan fingerprint density at radius 1 is 0.421 bits per heavy atom. The third kappa shape index (κ3) is 4.03. The Kier molecular flexibility index (Phi) is 5.78. The molecule has 0 amide bonds. The zero-order chi connectivity index (χ0) is 26.2. The van der Waals surface area contributed by atoms with Crippen molar-refractivity contribution >= 4 is 33.7 Å². The number of phenolic OH excluding ortho intramolecular Hbond substituents is 2. The first-order chi connectivity index (χ1) is 18.6. The Balaban J connectivity index is 1.50. The topological polar surface area (TPSA) is 40.5 Å². The molecule has 6 rings (SSSR count). The normalized spacial score (nSPS) is 11.1. The van der Waals surface area contributed by atoms with Crippen LogP contribution in [0.25, 0.3) is 67.1 Å². The van der Waals surface area contributed by atoms with E-state index in [4.69, 9.17) is 0 Å². The SMILES string of the molecule is C=Cc1ccc(-c2ccc3c(-c4c(O)ccc5cc(-c6ccc(C=C)cc6)ccc45)c(O)ccc3c2)cc1. The minimum absolute atomic E-state index is 0.132. The van der Waals surface area contributed by atoms with Gasteiger partial charge in [-0.2, -0.15) is 0 Å². The van der Waals surface area contributed by atoms with Gasteiger partial charge in [0.05, 0.1) is 0 Å². The Bertz CT molecular complexity index is 1700. The number of fused-ring (bicyclic) bond motifs is 2. The van der Waals surface area contributed by atoms with Gasteiger partial charge in [-0.25, -0.2) is 0 Å². The van der Waals surface area contributed by atoms with Gasteiger partial charge in [0.1, 0.15) is 11.5 Å². The van der Waals surface area contributed by atoms with E-state index in [1.165, 1.54) is 0 Å². The van der Waals surface area contributed by atoms with Crippen molar-refractivity contribution in [1.29, 1.82) is 0 Å². The van der Waals surface area contributed by atoms with E-state index >= 15 is 0 Å². The van der Waals surface area contributed by atoms with E-state index in [1.807, 2.05) is 60.7 Å². The van der Waals surface area contributed by atoms with E-state index in [2.05, 4.69) is 61.7 Å². The van der Waals surface area contributed by atoms with Gasteiger partial charge in [-0.05, 0) is 79.2 Å². The Morgan fingerprint density at radius 3 is 1.16 bits per heavy atom. The lowest BCUT2D eigenvalue weighted by molar-refractivity contribution is 0.470. The van der Waals surface area contributed by atoms with Gasteiger partial charge in [0.2, 0.25) is 0 Å². The van der Waals surface area contributed by atoms with E-state index in [0.29, 0.717) is 11.1 Å². The van der Waals surface area contributed by atoms with Crippen LogP contribution in [-0.4, -0.2) is 10.2 Å². The molecule has 182 valence electrons. The summed E-state index contributed by atoms with van der Waals surface area (Å²) in [5, 5.41) is 25.8. The summed E-state index contributed by atoms with van der Waals surface area (Å²) in [6.07, 6.45) is 3.66. The number of phenols is 2. The summed E-state index contributed by atoms with van der Waals surface area (Å²) in [7, 11) is 0. The van der Waals surface area contributed by atoms with E-state index in [-0.39, 0.29) is 11.5 Å². The van der Waals surface area contributed by atoms with Crippen molar-refractivity contribution in [3.8, 4) is 44.9 Å². The number of hydrogen-bond acceptors (Lipinski definition) is 2. The predicted molar refractivity (Wildman–Crippen MR) is 161 cm³/mol. The van der Waals surface area contributed by atoms with E-state index in [9.17, 15) is 10.2 Å². The fourth-order valence-corrected chi connectivity index (χ4v) is 5.14. The predicted octanol–water partition coefficient (Wildman–Crippen LogP) is 9.69. The van der Waals surface area contributed by atoms with Gasteiger partial charge in [0.15, 0.2) is 0 Å². The summed E-state index contributed by atoms with van der Waals surface area (Å²) in [5.74, 6) is 0.264. The van der Waals surface area contributed by atoms with Crippen LogP contribution in [0.15, 0.2) is 122 Å². The minimum Gasteiger partial charge on any atom is -0.507 e. The molecular weight excluding hydrogens is 464 g/mol. The average molecular weight is 491 g/mol. The minimum atomic E-state index is 0.132. The van der Waals surface area contributed by atoms with Crippen LogP contribution in [0.4, 0.5) is 0 Å². The maximum absolute atomic E-state index is 11.0. The molecule has 0 spiro atoms. The van der Waals surface area contributed by atoms with Gasteiger partial charge in [-0.1, -0.05) is 110 Å². The molecule has 6 aromatic rings. The molecule has 0 radical (unpaired) electrons. The second-order valence-corrected chi connectivity index (χ2v) is 9.44. The highest BCUT2D eigenvalue weighted by atomic mass is 16.3. The van der Waals surface area contributed by atoms with Crippen LogP contribution in [0.5, 0.6) is 11.5 Å². The van der Waals surface area contributed by atoms with Crippen LogP contribution in [0.2, 0.25) is 0 Å². The molecular formula is C36H26O2. The summed E-state index contributed by atoms with van der Waals surface area (Å²) in [5.41, 5.74) is 7.78. The van der Waals surface area contributed by atoms with Crippen molar-refractivity contribution in [1.82, 2.24) is 0 Å². The number of hydrogen-bond donors (Lipinski definition) is 2. The van der Waals surface area contributed by atoms with Crippen LogP contribution in [0.3, 0.4) is 0 Å². The molecule has 0 aliphatic carbocycles. The summed E-state index contributed by atoms with van der Waals surface area (Å²) >= 11 is 0. The zero-order valence-electron chi connectivity index (χ0n) is 20.9. The first-order valence-corrected chi connectivity index (χ1v) is 12.5. The smallest absolute Gasteiger partial charge is 0.124 e. The van der Waals surface area contributed by atoms with Gasteiger partial charge >= 0.3 is 0 Å². The maximum Gasteiger partial charge on any atom is 0.124 e. The Labute approximate surface area is 222 Å². The van der Waals surface area contributed by atoms with E-state index in [1.54, 1.807) is 12.1 Å². The molecule has 0 aliphatic heterocycles. The summed E-state index contributed by atoms with van der Waals surface area (Å²) < 4.78 is 0. The fourth-order valence-electron chi connectivity index (χ4n) is 5.14. The molecule has 0 saturated carbocycles. The molecule has 0 heterocycles. The third-order valence-electron chi connectivity index (χ3n) is 7.21. The van der Waals surface area contributed by atoms with Gasteiger partial charge in [0.25, 0.3) is 0 Å². The van der Waals surface area contributed by atoms with Crippen LogP contribution in [-0.2, 0) is 0 Å². The highest BCUT2D eigenvalue weighted by Crippen LogP contribution is 2.45. The van der Waals surface area contributed by atoms with Crippen LogP contribution < -0.4 is 0 Å². The van der Waals surface area contributed by atoms with Gasteiger partial charge in [0, 0.05) is 11.1 Å². The monoisotopic (exact) mass is 490 g/mol. The first-order valence-electron chi connectivity index (χ1n) is 12.5. The van der Waals surface area contributed by atoms with Gasteiger partial charge < -0.3 is 10.2 Å². The van der Waals surface area contributed by atoms with Crippen molar-refractivity contribution in [3.05, 3.63) is 133 Å².